The summed E-state index contributed by atoms with van der Waals surface area (Å²) in [5.41, 5.74) is -0.968. The maximum absolute atomic E-state index is 15.4. The molecule has 1 atom stereocenters. The molecule has 190 valence electrons. The Kier molecular flexibility index (Phi) is 6.77. The Morgan fingerprint density at radius 2 is 2.19 bits per heavy atom. The number of anilines is 1. The third-order valence-corrected chi connectivity index (χ3v) is 7.41. The first-order valence-corrected chi connectivity index (χ1v) is 12.8. The van der Waals surface area contributed by atoms with E-state index >= 15 is 4.39 Å². The molecule has 0 aliphatic carbocycles. The number of piperidine rings is 1. The van der Waals surface area contributed by atoms with E-state index in [9.17, 15) is 9.59 Å². The number of nitrogens with zero attached hydrogens (tertiary/aromatic N) is 3. The van der Waals surface area contributed by atoms with E-state index < -0.39 is 17.3 Å². The number of aliphatic hydroxyl groups excluding tert-OH is 1. The van der Waals surface area contributed by atoms with Crippen LogP contribution in [0.3, 0.4) is 0 Å². The van der Waals surface area contributed by atoms with Crippen LogP contribution in [0.15, 0.2) is 41.7 Å². The van der Waals surface area contributed by atoms with Gasteiger partial charge in [-0.2, -0.15) is 0 Å². The zero-order chi connectivity index (χ0) is 26.2. The van der Waals surface area contributed by atoms with E-state index in [2.05, 4.69) is 27.3 Å². The molecule has 2 aliphatic rings. The number of pyridine rings is 1. The standard InChI is InChI=1S/C27H25FN4O4S/c1-27(2)24(34)23(31-36-27)16-7-8-19(21(28)13-16)26(35)32(17-5-3-10-29-15-17)25-20-14-18(6-4-12-33)37-22(20)9-11-30-25/h7-9,11,13-14,17,29,33H,3,5,10,12,15H2,1-2H3/t17-/m1/s1. The van der Waals surface area contributed by atoms with Gasteiger partial charge in [-0.1, -0.05) is 23.1 Å². The number of ketones is 1. The van der Waals surface area contributed by atoms with Crippen molar-refractivity contribution in [3.63, 3.8) is 0 Å². The van der Waals surface area contributed by atoms with Crippen LogP contribution in [-0.4, -0.2) is 58.8 Å². The fourth-order valence-corrected chi connectivity index (χ4v) is 5.42. The second-order valence-electron chi connectivity index (χ2n) is 9.36. The largest absolute Gasteiger partial charge is 0.384 e. The summed E-state index contributed by atoms with van der Waals surface area (Å²) < 4.78 is 16.3. The van der Waals surface area contributed by atoms with E-state index in [1.54, 1.807) is 24.9 Å². The number of hydrogen-bond donors (Lipinski definition) is 2. The van der Waals surface area contributed by atoms with Crippen molar-refractivity contribution in [3.05, 3.63) is 58.3 Å². The summed E-state index contributed by atoms with van der Waals surface area (Å²) in [5, 5.41) is 16.9. The quantitative estimate of drug-likeness (QED) is 0.512. The van der Waals surface area contributed by atoms with Gasteiger partial charge >= 0.3 is 0 Å². The monoisotopic (exact) mass is 520 g/mol. The third kappa shape index (κ3) is 4.73. The second kappa shape index (κ2) is 10.0. The molecule has 1 amide bonds. The number of hydrogen-bond acceptors (Lipinski definition) is 8. The van der Waals surface area contributed by atoms with Gasteiger partial charge < -0.3 is 15.3 Å². The van der Waals surface area contributed by atoms with Crippen molar-refractivity contribution in [2.75, 3.05) is 24.6 Å². The van der Waals surface area contributed by atoms with Crippen molar-refractivity contribution < 1.29 is 23.9 Å². The van der Waals surface area contributed by atoms with E-state index in [0.717, 1.165) is 40.4 Å². The molecular weight excluding hydrogens is 495 g/mol. The molecule has 1 aromatic carbocycles. The van der Waals surface area contributed by atoms with Crippen molar-refractivity contribution in [2.45, 2.75) is 38.3 Å². The Hall–Kier alpha value is -3.65. The molecule has 0 spiro atoms. The molecule has 4 heterocycles. The normalized spacial score (nSPS) is 18.6. The first kappa shape index (κ1) is 25.0. The van der Waals surface area contributed by atoms with Gasteiger partial charge in [0.15, 0.2) is 11.3 Å². The van der Waals surface area contributed by atoms with Crippen LogP contribution in [0.25, 0.3) is 10.1 Å². The van der Waals surface area contributed by atoms with E-state index in [1.165, 1.54) is 23.5 Å². The van der Waals surface area contributed by atoms with Crippen LogP contribution in [0, 0.1) is 17.7 Å². The number of amides is 1. The number of halogens is 1. The molecule has 8 nitrogen and oxygen atoms in total. The number of fused-ring (bicyclic) bond motifs is 1. The topological polar surface area (TPSA) is 104 Å². The highest BCUT2D eigenvalue weighted by molar-refractivity contribution is 7.19. The first-order valence-electron chi connectivity index (χ1n) is 11.9. The van der Waals surface area contributed by atoms with Gasteiger partial charge in [-0.25, -0.2) is 9.37 Å². The highest BCUT2D eigenvalue weighted by atomic mass is 32.1. The van der Waals surface area contributed by atoms with Crippen molar-refractivity contribution in [3.8, 4) is 11.8 Å². The van der Waals surface area contributed by atoms with Gasteiger partial charge in [0.25, 0.3) is 5.91 Å². The average molecular weight is 521 g/mol. The van der Waals surface area contributed by atoms with Gasteiger partial charge in [-0.3, -0.25) is 14.5 Å². The maximum Gasteiger partial charge on any atom is 0.262 e. The number of aliphatic hydroxyl groups is 1. The maximum atomic E-state index is 15.4. The van der Waals surface area contributed by atoms with Crippen LogP contribution in [0.5, 0.6) is 0 Å². The number of nitrogens with one attached hydrogen (secondary N) is 1. The number of aromatic nitrogens is 1. The van der Waals surface area contributed by atoms with Crippen LogP contribution in [0.4, 0.5) is 10.2 Å². The molecule has 2 aromatic heterocycles. The molecule has 10 heteroatoms. The zero-order valence-electron chi connectivity index (χ0n) is 20.4. The van der Waals surface area contributed by atoms with E-state index in [0.29, 0.717) is 12.4 Å². The predicted molar refractivity (Wildman–Crippen MR) is 139 cm³/mol. The van der Waals surface area contributed by atoms with E-state index in [-0.39, 0.29) is 35.3 Å². The molecule has 37 heavy (non-hydrogen) atoms. The van der Waals surface area contributed by atoms with Gasteiger partial charge in [0.2, 0.25) is 5.78 Å². The summed E-state index contributed by atoms with van der Waals surface area (Å²) in [5.74, 6) is 4.34. The van der Waals surface area contributed by atoms with Crippen LogP contribution in [0.1, 0.15) is 47.5 Å². The summed E-state index contributed by atoms with van der Waals surface area (Å²) in [6.07, 6.45) is 3.22. The number of rotatable bonds is 4. The van der Waals surface area contributed by atoms with Crippen molar-refractivity contribution >= 4 is 44.6 Å². The highest BCUT2D eigenvalue weighted by Gasteiger charge is 2.40. The van der Waals surface area contributed by atoms with Crippen molar-refractivity contribution in [1.82, 2.24) is 10.3 Å². The van der Waals surface area contributed by atoms with Gasteiger partial charge in [0.05, 0.1) is 16.5 Å². The fourth-order valence-electron chi connectivity index (χ4n) is 4.49. The summed E-state index contributed by atoms with van der Waals surface area (Å²) in [4.78, 5) is 38.5. The lowest BCUT2D eigenvalue weighted by Crippen LogP contribution is -2.49. The summed E-state index contributed by atoms with van der Waals surface area (Å²) in [6.45, 7) is 4.31. The van der Waals surface area contributed by atoms with Crippen LogP contribution in [0.2, 0.25) is 0 Å². The Bertz CT molecular complexity index is 1480. The molecule has 0 unspecified atom stereocenters. The lowest BCUT2D eigenvalue weighted by atomic mass is 9.95. The van der Waals surface area contributed by atoms with Crippen LogP contribution >= 0.6 is 11.3 Å². The van der Waals surface area contributed by atoms with Gasteiger partial charge in [-0.05, 0) is 57.5 Å². The Morgan fingerprint density at radius 1 is 1.35 bits per heavy atom. The zero-order valence-corrected chi connectivity index (χ0v) is 21.2. The minimum Gasteiger partial charge on any atom is -0.384 e. The number of thiophene rings is 1. The lowest BCUT2D eigenvalue weighted by molar-refractivity contribution is -0.128. The molecule has 0 bridgehead atoms. The number of carbonyl (C=O) groups excluding carboxylic acids is 2. The van der Waals surface area contributed by atoms with E-state index in [4.69, 9.17) is 9.94 Å². The molecule has 1 saturated heterocycles. The van der Waals surface area contributed by atoms with Crippen molar-refractivity contribution in [1.29, 1.82) is 0 Å². The third-order valence-electron chi connectivity index (χ3n) is 6.40. The SMILES string of the molecule is CC1(C)ON=C(c2ccc(C(=O)N(c3nccc4sc(C#CCO)cc34)[C@@H]3CCCNC3)c(F)c2)C1=O. The molecular formula is C27H25FN4O4S. The minimum atomic E-state index is -1.11. The fraction of sp³-hybridized carbons (Fsp3) is 0.333. The first-order chi connectivity index (χ1) is 17.8. The minimum absolute atomic E-state index is 0.0254. The molecule has 0 saturated carbocycles. The van der Waals surface area contributed by atoms with Crippen LogP contribution < -0.4 is 10.2 Å². The number of carbonyl (C=O) groups is 2. The van der Waals surface area contributed by atoms with Crippen molar-refractivity contribution in [2.24, 2.45) is 5.16 Å². The molecule has 2 N–H and O–H groups in total. The second-order valence-corrected chi connectivity index (χ2v) is 10.4. The Balaban J connectivity index is 1.55. The number of oxime groups is 1. The average Bonchev–Trinajstić information content (AvgIpc) is 3.43. The molecule has 2 aliphatic heterocycles. The summed E-state index contributed by atoms with van der Waals surface area (Å²) in [6, 6.07) is 7.48. The predicted octanol–water partition coefficient (Wildman–Crippen LogP) is 3.26. The van der Waals surface area contributed by atoms with Gasteiger partial charge in [0.1, 0.15) is 18.2 Å². The number of benzene rings is 1. The lowest BCUT2D eigenvalue weighted by Gasteiger charge is -2.34. The molecule has 1 fully saturated rings. The van der Waals surface area contributed by atoms with Crippen LogP contribution in [-0.2, 0) is 9.63 Å². The Labute approximate surface area is 217 Å². The highest BCUT2D eigenvalue weighted by Crippen LogP contribution is 2.34. The van der Waals surface area contributed by atoms with E-state index in [1.807, 2.05) is 12.1 Å². The molecule has 0 radical (unpaired) electrons. The molecule has 5 rings (SSSR count). The summed E-state index contributed by atoms with van der Waals surface area (Å²) in [7, 11) is 0. The Morgan fingerprint density at radius 3 is 2.86 bits per heavy atom. The van der Waals surface area contributed by atoms with Gasteiger partial charge in [-0.15, -0.1) is 11.3 Å². The molecule has 3 aromatic rings. The smallest absolute Gasteiger partial charge is 0.262 e. The number of Topliss-reactive ketones (excluding diaryl/α,β-unsaturated/α-hetero) is 1. The summed E-state index contributed by atoms with van der Waals surface area (Å²) >= 11 is 1.43. The van der Waals surface area contributed by atoms with Gasteiger partial charge in [0, 0.05) is 28.4 Å².